The Morgan fingerprint density at radius 2 is 1.52 bits per heavy atom. The largest absolute Gasteiger partial charge is 0.326 e. The lowest BCUT2D eigenvalue weighted by Crippen LogP contribution is -2.16. The number of rotatable bonds is 8. The van der Waals surface area contributed by atoms with Gasteiger partial charge in [-0.1, -0.05) is 48.2 Å². The third-order valence-electron chi connectivity index (χ3n) is 6.30. The Labute approximate surface area is 234 Å². The van der Waals surface area contributed by atoms with E-state index in [1.165, 1.54) is 36.0 Å². The van der Waals surface area contributed by atoms with Crippen molar-refractivity contribution in [3.8, 4) is 22.5 Å². The number of benzene rings is 3. The van der Waals surface area contributed by atoms with Gasteiger partial charge in [0.15, 0.2) is 0 Å². The third kappa shape index (κ3) is 5.10. The number of anilines is 2. The van der Waals surface area contributed by atoms with Gasteiger partial charge in [0.1, 0.15) is 11.4 Å². The number of thioether (sulfide) groups is 1. The lowest BCUT2D eigenvalue weighted by Gasteiger charge is -2.09. The fourth-order valence-electron chi connectivity index (χ4n) is 4.60. The zero-order valence-electron chi connectivity index (χ0n) is 21.5. The van der Waals surface area contributed by atoms with Gasteiger partial charge in [-0.25, -0.2) is 28.1 Å². The molecule has 0 saturated heterocycles. The maximum absolute atomic E-state index is 12.7. The molecule has 0 unspecified atom stereocenters. The van der Waals surface area contributed by atoms with Gasteiger partial charge in [-0.15, -0.1) is 10.2 Å². The van der Waals surface area contributed by atoms with Crippen LogP contribution in [-0.2, 0) is 14.8 Å². The number of aryl methyl sites for hydroxylation is 2. The van der Waals surface area contributed by atoms with E-state index in [9.17, 15) is 13.2 Å². The molecule has 10 nitrogen and oxygen atoms in total. The number of fused-ring (bicyclic) bond motifs is 3. The molecule has 0 aliphatic heterocycles. The Bertz CT molecular complexity index is 1870. The molecule has 6 rings (SSSR count). The minimum atomic E-state index is -3.88. The molecule has 5 aromatic rings. The average Bonchev–Trinajstić information content (AvgIpc) is 3.23. The molecule has 1 amide bonds. The zero-order chi connectivity index (χ0) is 27.9. The minimum absolute atomic E-state index is 0.0107. The third-order valence-corrected chi connectivity index (χ3v) is 8.48. The molecular weight excluding hydrogens is 546 g/mol. The van der Waals surface area contributed by atoms with Crippen molar-refractivity contribution in [2.45, 2.75) is 30.3 Å². The first kappa shape index (κ1) is 25.8. The molecular formula is C28H23N7O3S2. The van der Waals surface area contributed by atoms with Gasteiger partial charge in [0, 0.05) is 45.8 Å². The summed E-state index contributed by atoms with van der Waals surface area (Å²) in [5.41, 5.74) is 5.45. The molecule has 0 saturated carbocycles. The van der Waals surface area contributed by atoms with Crippen LogP contribution in [0.25, 0.3) is 33.3 Å². The first-order valence-corrected chi connectivity index (χ1v) is 14.9. The number of aromatic nitrogens is 5. The monoisotopic (exact) mass is 569 g/mol. The molecule has 1 aliphatic carbocycles. The molecule has 0 spiro atoms. The van der Waals surface area contributed by atoms with Crippen molar-refractivity contribution in [3.05, 3.63) is 78.1 Å². The van der Waals surface area contributed by atoms with Crippen LogP contribution in [0.2, 0.25) is 0 Å². The molecule has 3 aromatic carbocycles. The summed E-state index contributed by atoms with van der Waals surface area (Å²) < 4.78 is 27.8. The van der Waals surface area contributed by atoms with E-state index in [-0.39, 0.29) is 23.2 Å². The molecule has 200 valence electrons. The van der Waals surface area contributed by atoms with Crippen molar-refractivity contribution in [2.24, 2.45) is 0 Å². The number of hydrogen-bond acceptors (Lipinski definition) is 9. The van der Waals surface area contributed by atoms with Gasteiger partial charge in [0.05, 0.1) is 4.90 Å². The molecule has 0 bridgehead atoms. The highest BCUT2D eigenvalue weighted by Gasteiger charge is 2.25. The van der Waals surface area contributed by atoms with Gasteiger partial charge < -0.3 is 5.32 Å². The van der Waals surface area contributed by atoms with Gasteiger partial charge >= 0.3 is 0 Å². The summed E-state index contributed by atoms with van der Waals surface area (Å²) in [5, 5.41) is 14.3. The minimum Gasteiger partial charge on any atom is -0.326 e. The second-order valence-electron chi connectivity index (χ2n) is 9.25. The van der Waals surface area contributed by atoms with E-state index in [1.807, 2.05) is 24.3 Å². The fourth-order valence-corrected chi connectivity index (χ4v) is 6.27. The van der Waals surface area contributed by atoms with Crippen LogP contribution in [0.15, 0.2) is 76.8 Å². The van der Waals surface area contributed by atoms with Gasteiger partial charge in [0.2, 0.25) is 17.0 Å². The van der Waals surface area contributed by atoms with Crippen molar-refractivity contribution in [2.75, 3.05) is 15.8 Å². The molecule has 12 heteroatoms. The van der Waals surface area contributed by atoms with E-state index >= 15 is 0 Å². The standard InChI is InChI=1S/C28H23N7O3S2/c1-16-15-17(2)30-27(29-16)35-40(37,38)20-11-9-19(10-12-20)31-23(36)13-14-39-28-32-25-21-7-3-5-18-6-4-8-22(24(18)21)26(25)33-34-28/h3-12,15H,13-14H2,1-2H3,(H,31,36)(H,29,30,35). The van der Waals surface area contributed by atoms with E-state index in [0.717, 1.165) is 33.3 Å². The summed E-state index contributed by atoms with van der Waals surface area (Å²) in [4.78, 5) is 25.5. The molecule has 0 atom stereocenters. The number of nitrogens with zero attached hydrogens (tertiary/aromatic N) is 5. The number of amides is 1. The molecule has 2 aromatic heterocycles. The Hall–Kier alpha value is -4.42. The van der Waals surface area contributed by atoms with E-state index < -0.39 is 10.0 Å². The lowest BCUT2D eigenvalue weighted by atomic mass is 10.0. The van der Waals surface area contributed by atoms with E-state index in [0.29, 0.717) is 28.0 Å². The van der Waals surface area contributed by atoms with Crippen molar-refractivity contribution in [3.63, 3.8) is 0 Å². The smallest absolute Gasteiger partial charge is 0.264 e. The number of sulfonamides is 1. The number of carbonyl (C=O) groups is 1. The van der Waals surface area contributed by atoms with E-state index in [1.54, 1.807) is 19.9 Å². The summed E-state index contributed by atoms with van der Waals surface area (Å²) in [6.07, 6.45) is 0.215. The maximum Gasteiger partial charge on any atom is 0.264 e. The Balaban J connectivity index is 1.05. The zero-order valence-corrected chi connectivity index (χ0v) is 23.2. The predicted molar refractivity (Wildman–Crippen MR) is 154 cm³/mol. The Morgan fingerprint density at radius 1 is 0.850 bits per heavy atom. The highest BCUT2D eigenvalue weighted by molar-refractivity contribution is 7.99. The van der Waals surface area contributed by atoms with E-state index in [2.05, 4.69) is 42.3 Å². The SMILES string of the molecule is Cc1cc(C)nc(NS(=O)(=O)c2ccc(NC(=O)CCSc3nnc4c(n3)-c3cccc5cccc-4c35)cc2)n1. The van der Waals surface area contributed by atoms with Crippen LogP contribution in [0.5, 0.6) is 0 Å². The summed E-state index contributed by atoms with van der Waals surface area (Å²) in [6.45, 7) is 3.52. The Kier molecular flexibility index (Phi) is 6.64. The predicted octanol–water partition coefficient (Wildman–Crippen LogP) is 5.00. The van der Waals surface area contributed by atoms with Crippen molar-refractivity contribution < 1.29 is 13.2 Å². The van der Waals surface area contributed by atoms with Crippen LogP contribution >= 0.6 is 11.8 Å². The molecule has 40 heavy (non-hydrogen) atoms. The molecule has 2 N–H and O–H groups in total. The number of carbonyl (C=O) groups excluding carboxylic acids is 1. The first-order chi connectivity index (χ1) is 19.3. The van der Waals surface area contributed by atoms with Gasteiger partial charge in [-0.2, -0.15) is 0 Å². The van der Waals surface area contributed by atoms with Crippen LogP contribution < -0.4 is 10.0 Å². The highest BCUT2D eigenvalue weighted by Crippen LogP contribution is 2.44. The summed E-state index contributed by atoms with van der Waals surface area (Å²) in [7, 11) is -3.88. The lowest BCUT2D eigenvalue weighted by molar-refractivity contribution is -0.115. The summed E-state index contributed by atoms with van der Waals surface area (Å²) >= 11 is 1.36. The molecule has 1 aliphatic rings. The van der Waals surface area contributed by atoms with Crippen LogP contribution in [0.4, 0.5) is 11.6 Å². The second kappa shape index (κ2) is 10.3. The fraction of sp³-hybridized carbons (Fsp3) is 0.143. The van der Waals surface area contributed by atoms with Gasteiger partial charge in [0.25, 0.3) is 10.0 Å². The van der Waals surface area contributed by atoms with Crippen LogP contribution in [0.1, 0.15) is 17.8 Å². The first-order valence-electron chi connectivity index (χ1n) is 12.4. The van der Waals surface area contributed by atoms with E-state index in [4.69, 9.17) is 4.98 Å². The maximum atomic E-state index is 12.7. The van der Waals surface area contributed by atoms with Crippen LogP contribution in [-0.4, -0.2) is 45.2 Å². The molecule has 0 fully saturated rings. The van der Waals surface area contributed by atoms with Crippen molar-refractivity contribution >= 4 is 50.1 Å². The highest BCUT2D eigenvalue weighted by atomic mass is 32.2. The molecule has 0 radical (unpaired) electrons. The molecule has 2 heterocycles. The number of hydrogen-bond donors (Lipinski definition) is 2. The second-order valence-corrected chi connectivity index (χ2v) is 12.0. The van der Waals surface area contributed by atoms with Crippen molar-refractivity contribution in [1.82, 2.24) is 25.1 Å². The Morgan fingerprint density at radius 3 is 2.23 bits per heavy atom. The van der Waals surface area contributed by atoms with Gasteiger partial charge in [-0.05, 0) is 49.6 Å². The van der Waals surface area contributed by atoms with Gasteiger partial charge in [-0.3, -0.25) is 4.79 Å². The topological polar surface area (TPSA) is 140 Å². The number of nitrogens with one attached hydrogen (secondary N) is 2. The summed E-state index contributed by atoms with van der Waals surface area (Å²) in [6, 6.07) is 19.9. The quantitative estimate of drug-likeness (QED) is 0.242. The normalized spacial score (nSPS) is 11.8. The summed E-state index contributed by atoms with van der Waals surface area (Å²) in [5.74, 6) is 0.253. The average molecular weight is 570 g/mol. The van der Waals surface area contributed by atoms with Crippen LogP contribution in [0.3, 0.4) is 0 Å². The van der Waals surface area contributed by atoms with Crippen molar-refractivity contribution in [1.29, 1.82) is 0 Å². The van der Waals surface area contributed by atoms with Crippen LogP contribution in [0, 0.1) is 13.8 Å².